The quantitative estimate of drug-likeness (QED) is 0.777. The van der Waals surface area contributed by atoms with Crippen molar-refractivity contribution in [2.75, 3.05) is 14.1 Å². The number of imidazole rings is 1. The normalized spacial score (nSPS) is 12.8. The van der Waals surface area contributed by atoms with Crippen LogP contribution in [-0.2, 0) is 11.3 Å². The molecule has 1 atom stereocenters. The molecule has 96 valence electrons. The van der Waals surface area contributed by atoms with Gasteiger partial charge in [0, 0.05) is 26.5 Å². The molecule has 0 radical (unpaired) electrons. The van der Waals surface area contributed by atoms with Gasteiger partial charge in [0.2, 0.25) is 5.91 Å². The highest BCUT2D eigenvalue weighted by Crippen LogP contribution is 2.07. The van der Waals surface area contributed by atoms with E-state index in [4.69, 9.17) is 0 Å². The number of likely N-dealkylation sites (N-methyl/N-ethyl adjacent to an activating group) is 1. The van der Waals surface area contributed by atoms with Gasteiger partial charge in [-0.3, -0.25) is 10.1 Å². The molecule has 0 aliphatic rings. The Labute approximate surface area is 103 Å². The number of hydrogen-bond acceptors (Lipinski definition) is 3. The first-order valence-electron chi connectivity index (χ1n) is 5.93. The second-order valence-corrected chi connectivity index (χ2v) is 4.83. The predicted octanol–water partition coefficient (Wildman–Crippen LogP) is 1.00. The molecule has 0 aliphatic carbocycles. The zero-order valence-corrected chi connectivity index (χ0v) is 11.0. The molecule has 2 N–H and O–H groups in total. The molecule has 0 aromatic carbocycles. The molecular formula is C12H22N4O. The maximum absolute atomic E-state index is 12.0. The van der Waals surface area contributed by atoms with Gasteiger partial charge in [0.1, 0.15) is 5.82 Å². The first-order valence-corrected chi connectivity index (χ1v) is 5.93. The summed E-state index contributed by atoms with van der Waals surface area (Å²) in [7, 11) is 3.56. The van der Waals surface area contributed by atoms with Gasteiger partial charge in [-0.1, -0.05) is 13.8 Å². The second kappa shape index (κ2) is 6.39. The fourth-order valence-corrected chi connectivity index (χ4v) is 1.67. The molecule has 0 saturated heterocycles. The summed E-state index contributed by atoms with van der Waals surface area (Å²) in [5.74, 6) is 1.45. The fourth-order valence-electron chi connectivity index (χ4n) is 1.67. The first-order chi connectivity index (χ1) is 8.00. The highest BCUT2D eigenvalue weighted by atomic mass is 16.2. The number of aromatic amines is 1. The van der Waals surface area contributed by atoms with Crippen LogP contribution < -0.4 is 5.32 Å². The van der Waals surface area contributed by atoms with E-state index in [1.165, 1.54) is 0 Å². The molecule has 1 heterocycles. The zero-order valence-electron chi connectivity index (χ0n) is 11.0. The summed E-state index contributed by atoms with van der Waals surface area (Å²) in [6.45, 7) is 4.82. The molecule has 1 aromatic heterocycles. The van der Waals surface area contributed by atoms with Gasteiger partial charge in [-0.25, -0.2) is 4.98 Å². The molecule has 1 amide bonds. The number of H-pyrrole nitrogens is 1. The Morgan fingerprint density at radius 1 is 1.53 bits per heavy atom. The summed E-state index contributed by atoms with van der Waals surface area (Å²) < 4.78 is 0. The number of carbonyl (C=O) groups is 1. The second-order valence-electron chi connectivity index (χ2n) is 4.83. The summed E-state index contributed by atoms with van der Waals surface area (Å²) in [6.07, 6.45) is 4.32. The average molecular weight is 238 g/mol. The Kier molecular flexibility index (Phi) is 5.15. The third-order valence-corrected chi connectivity index (χ3v) is 2.52. The molecule has 1 unspecified atom stereocenters. The third kappa shape index (κ3) is 4.56. The molecular weight excluding hydrogens is 216 g/mol. The van der Waals surface area contributed by atoms with Gasteiger partial charge in [0.05, 0.1) is 12.6 Å². The maximum atomic E-state index is 12.0. The van der Waals surface area contributed by atoms with Crippen molar-refractivity contribution in [3.63, 3.8) is 0 Å². The lowest BCUT2D eigenvalue weighted by atomic mass is 10.0. The highest BCUT2D eigenvalue weighted by molar-refractivity contribution is 5.81. The number of nitrogens with zero attached hydrogens (tertiary/aromatic N) is 2. The standard InChI is InChI=1S/C12H22N4O/c1-9(2)7-10(12(17)16(3)4)15-8-11-13-5-6-14-11/h5-6,9-10,15H,7-8H2,1-4H3,(H,13,14). The summed E-state index contributed by atoms with van der Waals surface area (Å²) in [5.41, 5.74) is 0. The summed E-state index contributed by atoms with van der Waals surface area (Å²) in [4.78, 5) is 20.7. The van der Waals surface area contributed by atoms with E-state index in [9.17, 15) is 4.79 Å². The number of nitrogens with one attached hydrogen (secondary N) is 2. The van der Waals surface area contributed by atoms with Crippen molar-refractivity contribution in [2.45, 2.75) is 32.9 Å². The van der Waals surface area contributed by atoms with Crippen LogP contribution in [0.3, 0.4) is 0 Å². The number of aromatic nitrogens is 2. The summed E-state index contributed by atoms with van der Waals surface area (Å²) >= 11 is 0. The maximum Gasteiger partial charge on any atom is 0.239 e. The van der Waals surface area contributed by atoms with Crippen LogP contribution in [0.1, 0.15) is 26.1 Å². The van der Waals surface area contributed by atoms with Crippen molar-refractivity contribution in [2.24, 2.45) is 5.92 Å². The van der Waals surface area contributed by atoms with Gasteiger partial charge in [-0.2, -0.15) is 0 Å². The van der Waals surface area contributed by atoms with Crippen LogP contribution >= 0.6 is 0 Å². The molecule has 0 aliphatic heterocycles. The smallest absolute Gasteiger partial charge is 0.239 e. The van der Waals surface area contributed by atoms with Crippen molar-refractivity contribution < 1.29 is 4.79 Å². The lowest BCUT2D eigenvalue weighted by molar-refractivity contribution is -0.131. The van der Waals surface area contributed by atoms with Crippen molar-refractivity contribution in [3.8, 4) is 0 Å². The van der Waals surface area contributed by atoms with Crippen LogP contribution in [0.4, 0.5) is 0 Å². The SMILES string of the molecule is CC(C)CC(NCc1ncc[nH]1)C(=O)N(C)C. The molecule has 1 rings (SSSR count). The van der Waals surface area contributed by atoms with Crippen molar-refractivity contribution in [3.05, 3.63) is 18.2 Å². The van der Waals surface area contributed by atoms with E-state index >= 15 is 0 Å². The van der Waals surface area contributed by atoms with Gasteiger partial charge >= 0.3 is 0 Å². The van der Waals surface area contributed by atoms with Crippen LogP contribution in [0.25, 0.3) is 0 Å². The van der Waals surface area contributed by atoms with Crippen LogP contribution in [0.15, 0.2) is 12.4 Å². The van der Waals surface area contributed by atoms with Crippen molar-refractivity contribution in [1.29, 1.82) is 0 Å². The lowest BCUT2D eigenvalue weighted by Crippen LogP contribution is -2.44. The van der Waals surface area contributed by atoms with Gasteiger partial charge < -0.3 is 9.88 Å². The van der Waals surface area contributed by atoms with E-state index in [0.717, 1.165) is 12.2 Å². The van der Waals surface area contributed by atoms with Gasteiger partial charge in [0.15, 0.2) is 0 Å². The van der Waals surface area contributed by atoms with Gasteiger partial charge in [-0.05, 0) is 12.3 Å². The Hall–Kier alpha value is -1.36. The van der Waals surface area contributed by atoms with Gasteiger partial charge in [0.25, 0.3) is 0 Å². The third-order valence-electron chi connectivity index (χ3n) is 2.52. The van der Waals surface area contributed by atoms with Crippen LogP contribution in [0.5, 0.6) is 0 Å². The summed E-state index contributed by atoms with van der Waals surface area (Å²) in [5, 5.41) is 3.25. The number of carbonyl (C=O) groups excluding carboxylic acids is 1. The molecule has 5 nitrogen and oxygen atoms in total. The minimum atomic E-state index is -0.143. The number of amides is 1. The van der Waals surface area contributed by atoms with Crippen LogP contribution in [0.2, 0.25) is 0 Å². The highest BCUT2D eigenvalue weighted by Gasteiger charge is 2.20. The minimum absolute atomic E-state index is 0.116. The van der Waals surface area contributed by atoms with E-state index in [0.29, 0.717) is 12.5 Å². The Balaban J connectivity index is 2.54. The molecule has 1 aromatic rings. The monoisotopic (exact) mass is 238 g/mol. The fraction of sp³-hybridized carbons (Fsp3) is 0.667. The van der Waals surface area contributed by atoms with Crippen molar-refractivity contribution >= 4 is 5.91 Å². The van der Waals surface area contributed by atoms with Crippen LogP contribution in [0, 0.1) is 5.92 Å². The Morgan fingerprint density at radius 3 is 2.71 bits per heavy atom. The van der Waals surface area contributed by atoms with E-state index < -0.39 is 0 Å². The topological polar surface area (TPSA) is 61.0 Å². The first kappa shape index (κ1) is 13.7. The largest absolute Gasteiger partial charge is 0.348 e. The molecule has 0 fully saturated rings. The van der Waals surface area contributed by atoms with E-state index in [1.54, 1.807) is 31.4 Å². The van der Waals surface area contributed by atoms with E-state index in [-0.39, 0.29) is 11.9 Å². The number of hydrogen-bond donors (Lipinski definition) is 2. The molecule has 17 heavy (non-hydrogen) atoms. The predicted molar refractivity (Wildman–Crippen MR) is 67.4 cm³/mol. The van der Waals surface area contributed by atoms with E-state index in [1.807, 2.05) is 0 Å². The zero-order chi connectivity index (χ0) is 12.8. The molecule has 0 spiro atoms. The lowest BCUT2D eigenvalue weighted by Gasteiger charge is -2.22. The van der Waals surface area contributed by atoms with Gasteiger partial charge in [-0.15, -0.1) is 0 Å². The van der Waals surface area contributed by atoms with Crippen molar-refractivity contribution in [1.82, 2.24) is 20.2 Å². The number of rotatable bonds is 6. The van der Waals surface area contributed by atoms with E-state index in [2.05, 4.69) is 29.1 Å². The Bertz CT molecular complexity index is 332. The Morgan fingerprint density at radius 2 is 2.24 bits per heavy atom. The summed E-state index contributed by atoms with van der Waals surface area (Å²) in [6, 6.07) is -0.143. The molecule has 0 saturated carbocycles. The molecule has 0 bridgehead atoms. The average Bonchev–Trinajstić information content (AvgIpc) is 2.75. The minimum Gasteiger partial charge on any atom is -0.348 e. The van der Waals surface area contributed by atoms with Crippen LogP contribution in [-0.4, -0.2) is 40.9 Å². The molecule has 5 heteroatoms.